The first-order valence-corrected chi connectivity index (χ1v) is 13.8. The number of alkyl halides is 2. The molecule has 5 heteroatoms. The largest absolute Gasteiger partial charge is 0.496 e. The van der Waals surface area contributed by atoms with Gasteiger partial charge in [0, 0.05) is 23.0 Å². The van der Waals surface area contributed by atoms with Crippen molar-refractivity contribution in [2.45, 2.75) is 51.6 Å². The van der Waals surface area contributed by atoms with Crippen molar-refractivity contribution in [1.29, 1.82) is 0 Å². The number of benzene rings is 4. The van der Waals surface area contributed by atoms with Crippen LogP contribution < -0.4 is 9.47 Å². The van der Waals surface area contributed by atoms with Gasteiger partial charge in [0.05, 0.1) is 19.8 Å². The van der Waals surface area contributed by atoms with E-state index >= 15 is 0 Å². The Hall–Kier alpha value is -3.70. The summed E-state index contributed by atoms with van der Waals surface area (Å²) in [5, 5.41) is 0. The summed E-state index contributed by atoms with van der Waals surface area (Å²) >= 11 is 0. The molecule has 0 spiro atoms. The summed E-state index contributed by atoms with van der Waals surface area (Å²) in [5.74, 6) is 1.57. The molecule has 4 aromatic carbocycles. The van der Waals surface area contributed by atoms with Gasteiger partial charge in [-0.05, 0) is 52.9 Å². The van der Waals surface area contributed by atoms with Gasteiger partial charge >= 0.3 is 0 Å². The molecular weight excluding hydrogens is 506 g/mol. The van der Waals surface area contributed by atoms with E-state index in [-0.39, 0.29) is 24.5 Å². The smallest absolute Gasteiger partial charge is 0.240 e. The second-order valence-corrected chi connectivity index (χ2v) is 10.4. The normalized spacial score (nSPS) is 12.4. The van der Waals surface area contributed by atoms with Crippen molar-refractivity contribution in [2.24, 2.45) is 0 Å². The molecule has 1 atom stereocenters. The zero-order valence-corrected chi connectivity index (χ0v) is 23.7. The van der Waals surface area contributed by atoms with Crippen LogP contribution >= 0.6 is 0 Å². The molecule has 4 aromatic rings. The maximum Gasteiger partial charge on any atom is 0.240 e. The standard InChI is InChI=1S/C35H38F2O3/c1-5-29(39-21-20-34(36)37)24-40-33-19-17-28(23-31(33)26-14-10-7-11-15-26)35(2,3)27-16-18-32(38-4)30(22-27)25-12-8-6-9-13-25/h6-19,22-23,29,34H,5,20-21,24H2,1-4H3. The lowest BCUT2D eigenvalue weighted by molar-refractivity contribution is -0.00360. The van der Waals surface area contributed by atoms with E-state index < -0.39 is 6.43 Å². The van der Waals surface area contributed by atoms with E-state index in [9.17, 15) is 8.78 Å². The molecular formula is C35H38F2O3. The van der Waals surface area contributed by atoms with E-state index in [1.54, 1.807) is 7.11 Å². The zero-order valence-electron chi connectivity index (χ0n) is 23.7. The topological polar surface area (TPSA) is 27.7 Å². The van der Waals surface area contributed by atoms with Gasteiger partial charge in [-0.15, -0.1) is 0 Å². The monoisotopic (exact) mass is 544 g/mol. The van der Waals surface area contributed by atoms with Gasteiger partial charge in [-0.25, -0.2) is 8.78 Å². The molecule has 0 radical (unpaired) electrons. The highest BCUT2D eigenvalue weighted by molar-refractivity contribution is 5.74. The predicted molar refractivity (Wildman–Crippen MR) is 159 cm³/mol. The van der Waals surface area contributed by atoms with Crippen LogP contribution in [-0.2, 0) is 10.2 Å². The molecule has 3 nitrogen and oxygen atoms in total. The van der Waals surface area contributed by atoms with Crippen LogP contribution in [-0.4, -0.2) is 32.9 Å². The van der Waals surface area contributed by atoms with Crippen LogP contribution in [0.4, 0.5) is 8.78 Å². The summed E-state index contributed by atoms with van der Waals surface area (Å²) in [7, 11) is 1.70. The summed E-state index contributed by atoms with van der Waals surface area (Å²) < 4.78 is 42.7. The van der Waals surface area contributed by atoms with Crippen LogP contribution in [0.25, 0.3) is 22.3 Å². The fourth-order valence-corrected chi connectivity index (χ4v) is 4.78. The van der Waals surface area contributed by atoms with E-state index in [2.05, 4.69) is 62.4 Å². The Morgan fingerprint density at radius 1 is 0.725 bits per heavy atom. The molecule has 0 saturated carbocycles. The van der Waals surface area contributed by atoms with Crippen LogP contribution in [0.5, 0.6) is 11.5 Å². The number of hydrogen-bond donors (Lipinski definition) is 0. The van der Waals surface area contributed by atoms with E-state index in [4.69, 9.17) is 14.2 Å². The molecule has 0 aliphatic rings. The van der Waals surface area contributed by atoms with Crippen LogP contribution in [0, 0.1) is 0 Å². The SMILES string of the molecule is CCC(COc1ccc(C(C)(C)c2ccc(OC)c(-c3ccccc3)c2)cc1-c1ccccc1)OCCC(F)F. The maximum atomic E-state index is 12.6. The Morgan fingerprint density at radius 2 is 1.25 bits per heavy atom. The second-order valence-electron chi connectivity index (χ2n) is 10.4. The zero-order chi connectivity index (χ0) is 28.5. The summed E-state index contributed by atoms with van der Waals surface area (Å²) in [4.78, 5) is 0. The molecule has 0 aliphatic carbocycles. The Labute approximate surface area is 236 Å². The van der Waals surface area contributed by atoms with E-state index in [1.807, 2.05) is 55.5 Å². The van der Waals surface area contributed by atoms with Crippen LogP contribution in [0.2, 0.25) is 0 Å². The fourth-order valence-electron chi connectivity index (χ4n) is 4.78. The number of hydrogen-bond acceptors (Lipinski definition) is 3. The molecule has 0 aromatic heterocycles. The average Bonchev–Trinajstić information content (AvgIpc) is 2.99. The van der Waals surface area contributed by atoms with Gasteiger partial charge in [-0.2, -0.15) is 0 Å². The lowest BCUT2D eigenvalue weighted by atomic mass is 9.76. The molecule has 0 N–H and O–H groups in total. The van der Waals surface area contributed by atoms with Gasteiger partial charge in [0.25, 0.3) is 0 Å². The molecule has 1 unspecified atom stereocenters. The van der Waals surface area contributed by atoms with E-state index in [1.165, 1.54) is 5.56 Å². The molecule has 210 valence electrons. The summed E-state index contributed by atoms with van der Waals surface area (Å²) in [5.41, 5.74) is 6.16. The Bertz CT molecular complexity index is 1350. The minimum Gasteiger partial charge on any atom is -0.496 e. The second kappa shape index (κ2) is 13.6. The van der Waals surface area contributed by atoms with Gasteiger partial charge in [-0.3, -0.25) is 0 Å². The highest BCUT2D eigenvalue weighted by atomic mass is 19.3. The summed E-state index contributed by atoms with van der Waals surface area (Å²) in [6.07, 6.45) is -2.22. The quantitative estimate of drug-likeness (QED) is 0.168. The van der Waals surface area contributed by atoms with Crippen molar-refractivity contribution < 1.29 is 23.0 Å². The lowest BCUT2D eigenvalue weighted by Crippen LogP contribution is -2.23. The highest BCUT2D eigenvalue weighted by Gasteiger charge is 2.26. The van der Waals surface area contributed by atoms with Crippen molar-refractivity contribution in [1.82, 2.24) is 0 Å². The summed E-state index contributed by atoms with van der Waals surface area (Å²) in [6, 6.07) is 33.1. The minimum atomic E-state index is -2.37. The van der Waals surface area contributed by atoms with Crippen LogP contribution in [0.3, 0.4) is 0 Å². The molecule has 0 amide bonds. The van der Waals surface area contributed by atoms with Gasteiger partial charge < -0.3 is 14.2 Å². The molecule has 0 aliphatic heterocycles. The first-order valence-electron chi connectivity index (χ1n) is 13.8. The van der Waals surface area contributed by atoms with Crippen molar-refractivity contribution in [3.05, 3.63) is 108 Å². The number of rotatable bonds is 13. The third-order valence-electron chi connectivity index (χ3n) is 7.36. The number of halogens is 2. The average molecular weight is 545 g/mol. The maximum absolute atomic E-state index is 12.6. The Balaban J connectivity index is 1.67. The third-order valence-corrected chi connectivity index (χ3v) is 7.36. The lowest BCUT2D eigenvalue weighted by Gasteiger charge is -2.28. The number of ether oxygens (including phenoxy) is 3. The molecule has 40 heavy (non-hydrogen) atoms. The Morgan fingerprint density at radius 3 is 1.75 bits per heavy atom. The minimum absolute atomic E-state index is 0.0189. The first kappa shape index (κ1) is 29.3. The van der Waals surface area contributed by atoms with Crippen molar-refractivity contribution in [3.8, 4) is 33.8 Å². The fraction of sp³-hybridized carbons (Fsp3) is 0.314. The van der Waals surface area contributed by atoms with Crippen molar-refractivity contribution in [2.75, 3.05) is 20.3 Å². The molecule has 0 bridgehead atoms. The molecule has 0 fully saturated rings. The van der Waals surface area contributed by atoms with Gasteiger partial charge in [0.15, 0.2) is 0 Å². The van der Waals surface area contributed by atoms with Crippen LogP contribution in [0.1, 0.15) is 44.7 Å². The first-order chi connectivity index (χ1) is 19.3. The van der Waals surface area contributed by atoms with Crippen LogP contribution in [0.15, 0.2) is 97.1 Å². The van der Waals surface area contributed by atoms with E-state index in [0.29, 0.717) is 13.0 Å². The third kappa shape index (κ3) is 7.08. The van der Waals surface area contributed by atoms with Crippen molar-refractivity contribution >= 4 is 0 Å². The van der Waals surface area contributed by atoms with Crippen molar-refractivity contribution in [3.63, 3.8) is 0 Å². The van der Waals surface area contributed by atoms with Gasteiger partial charge in [0.2, 0.25) is 6.43 Å². The van der Waals surface area contributed by atoms with Gasteiger partial charge in [-0.1, -0.05) is 93.6 Å². The summed E-state index contributed by atoms with van der Waals surface area (Å²) in [6.45, 7) is 6.72. The van der Waals surface area contributed by atoms with Gasteiger partial charge in [0.1, 0.15) is 18.1 Å². The number of methoxy groups -OCH3 is 1. The molecule has 0 saturated heterocycles. The molecule has 0 heterocycles. The van der Waals surface area contributed by atoms with E-state index in [0.717, 1.165) is 39.3 Å². The molecule has 4 rings (SSSR count). The predicted octanol–water partition coefficient (Wildman–Crippen LogP) is 9.18. The Kier molecular flexibility index (Phi) is 9.94. The highest BCUT2D eigenvalue weighted by Crippen LogP contribution is 2.41.